The number of anilines is 1. The number of nitrogens with zero attached hydrogens (tertiary/aromatic N) is 4. The molecule has 2 aromatic heterocycles. The lowest BCUT2D eigenvalue weighted by Crippen LogP contribution is -2.35. The van der Waals surface area contributed by atoms with E-state index in [2.05, 4.69) is 10.4 Å². The van der Waals surface area contributed by atoms with Crippen LogP contribution in [0, 0.1) is 0 Å². The van der Waals surface area contributed by atoms with Crippen LogP contribution >= 0.6 is 0 Å². The molecule has 2 aromatic rings. The van der Waals surface area contributed by atoms with E-state index in [0.29, 0.717) is 6.04 Å². The third-order valence-corrected chi connectivity index (χ3v) is 5.59. The van der Waals surface area contributed by atoms with Crippen LogP contribution in [0.25, 0.3) is 0 Å². The molecule has 1 fully saturated rings. The molecule has 7 nitrogen and oxygen atoms in total. The molecule has 4 rings (SSSR count). The third kappa shape index (κ3) is 3.43. The quantitative estimate of drug-likeness (QED) is 0.908. The molecule has 2 aliphatic carbocycles. The topological polar surface area (TPSA) is 81.8 Å². The summed E-state index contributed by atoms with van der Waals surface area (Å²) in [6.45, 7) is 0. The smallest absolute Gasteiger partial charge is 0.267 e. The summed E-state index contributed by atoms with van der Waals surface area (Å²) >= 11 is 0. The van der Waals surface area contributed by atoms with E-state index in [1.54, 1.807) is 23.9 Å². The Morgan fingerprint density at radius 3 is 2.54 bits per heavy atom. The van der Waals surface area contributed by atoms with Crippen LogP contribution in [0.2, 0.25) is 0 Å². The van der Waals surface area contributed by atoms with E-state index < -0.39 is 0 Å². The van der Waals surface area contributed by atoms with Crippen LogP contribution in [0.3, 0.4) is 0 Å². The van der Waals surface area contributed by atoms with Crippen molar-refractivity contribution in [3.05, 3.63) is 50.2 Å². The number of aromatic nitrogens is 4. The largest absolute Gasteiger partial charge is 0.366 e. The summed E-state index contributed by atoms with van der Waals surface area (Å²) in [7, 11) is 1.65. The maximum Gasteiger partial charge on any atom is 0.267 e. The van der Waals surface area contributed by atoms with E-state index in [1.807, 2.05) is 0 Å². The predicted molar refractivity (Wildman–Crippen MR) is 99.5 cm³/mol. The minimum Gasteiger partial charge on any atom is -0.366 e. The van der Waals surface area contributed by atoms with E-state index in [-0.39, 0.29) is 17.2 Å². The Bertz CT molecular complexity index is 909. The zero-order chi connectivity index (χ0) is 18.1. The highest BCUT2D eigenvalue weighted by molar-refractivity contribution is 5.33. The Hall–Kier alpha value is -2.44. The predicted octanol–water partition coefficient (Wildman–Crippen LogP) is 1.81. The average Bonchev–Trinajstić information content (AvgIpc) is 2.65. The van der Waals surface area contributed by atoms with E-state index in [4.69, 9.17) is 5.10 Å². The van der Waals surface area contributed by atoms with Crippen molar-refractivity contribution in [3.63, 3.8) is 0 Å². The lowest BCUT2D eigenvalue weighted by Gasteiger charge is -2.30. The summed E-state index contributed by atoms with van der Waals surface area (Å²) in [5, 5.41) is 12.3. The summed E-state index contributed by atoms with van der Waals surface area (Å²) in [4.78, 5) is 23.9. The number of hydrogen-bond acceptors (Lipinski definition) is 5. The van der Waals surface area contributed by atoms with Crippen LogP contribution < -0.4 is 16.4 Å². The summed E-state index contributed by atoms with van der Waals surface area (Å²) < 4.78 is 3.06. The molecule has 1 N–H and O–H groups in total. The standard InChI is InChI=1S/C19H25N5O2/c1-23-18(25)11-10-17(22-23)20-14-6-8-15(9-7-14)24-19(26)12-13-4-2-3-5-16(13)21-24/h10-12,14-15H,2-9H2,1H3,(H,20,22). The van der Waals surface area contributed by atoms with Gasteiger partial charge in [-0.05, 0) is 63.0 Å². The summed E-state index contributed by atoms with van der Waals surface area (Å²) in [5.41, 5.74) is 2.19. The van der Waals surface area contributed by atoms with Gasteiger partial charge in [-0.1, -0.05) is 0 Å². The van der Waals surface area contributed by atoms with E-state index >= 15 is 0 Å². The molecule has 2 aliphatic rings. The van der Waals surface area contributed by atoms with Gasteiger partial charge in [-0.3, -0.25) is 9.59 Å². The van der Waals surface area contributed by atoms with Gasteiger partial charge in [0.2, 0.25) is 0 Å². The maximum absolute atomic E-state index is 12.5. The van der Waals surface area contributed by atoms with Crippen LogP contribution in [-0.4, -0.2) is 25.6 Å². The molecule has 2 heterocycles. The summed E-state index contributed by atoms with van der Waals surface area (Å²) in [6, 6.07) is 5.55. The fourth-order valence-corrected chi connectivity index (χ4v) is 4.09. The Morgan fingerprint density at radius 1 is 1.00 bits per heavy atom. The third-order valence-electron chi connectivity index (χ3n) is 5.59. The van der Waals surface area contributed by atoms with E-state index in [9.17, 15) is 9.59 Å². The first kappa shape index (κ1) is 17.0. The molecule has 138 valence electrons. The molecule has 0 spiro atoms. The molecular formula is C19H25N5O2. The normalized spacial score (nSPS) is 22.7. The molecule has 0 saturated heterocycles. The molecule has 0 atom stereocenters. The van der Waals surface area contributed by atoms with Crippen LogP contribution in [0.5, 0.6) is 0 Å². The number of hydrogen-bond donors (Lipinski definition) is 1. The van der Waals surface area contributed by atoms with Crippen LogP contribution in [0.1, 0.15) is 55.8 Å². The summed E-state index contributed by atoms with van der Waals surface area (Å²) in [5.74, 6) is 0.722. The number of fused-ring (bicyclic) bond motifs is 1. The molecular weight excluding hydrogens is 330 g/mol. The van der Waals surface area contributed by atoms with Gasteiger partial charge in [-0.2, -0.15) is 10.2 Å². The van der Waals surface area contributed by atoms with Gasteiger partial charge >= 0.3 is 0 Å². The average molecular weight is 355 g/mol. The number of nitrogens with one attached hydrogen (secondary N) is 1. The van der Waals surface area contributed by atoms with Crippen LogP contribution in [-0.2, 0) is 19.9 Å². The van der Waals surface area contributed by atoms with Crippen molar-refractivity contribution in [2.24, 2.45) is 7.05 Å². The van der Waals surface area contributed by atoms with Crippen molar-refractivity contribution in [1.82, 2.24) is 19.6 Å². The highest BCUT2D eigenvalue weighted by Crippen LogP contribution is 2.29. The van der Waals surface area contributed by atoms with Gasteiger partial charge in [0.15, 0.2) is 0 Å². The molecule has 7 heteroatoms. The van der Waals surface area contributed by atoms with Crippen molar-refractivity contribution < 1.29 is 0 Å². The number of aryl methyl sites for hydroxylation is 3. The Morgan fingerprint density at radius 2 is 1.77 bits per heavy atom. The van der Waals surface area contributed by atoms with Crippen LogP contribution in [0.4, 0.5) is 5.82 Å². The van der Waals surface area contributed by atoms with Gasteiger partial charge in [0.1, 0.15) is 5.82 Å². The molecule has 0 unspecified atom stereocenters. The van der Waals surface area contributed by atoms with Crippen molar-refractivity contribution >= 4 is 5.82 Å². The highest BCUT2D eigenvalue weighted by atomic mass is 16.1. The zero-order valence-corrected chi connectivity index (χ0v) is 15.1. The summed E-state index contributed by atoms with van der Waals surface area (Å²) in [6.07, 6.45) is 8.08. The van der Waals surface area contributed by atoms with E-state index in [1.165, 1.54) is 17.2 Å². The zero-order valence-electron chi connectivity index (χ0n) is 15.1. The second-order valence-corrected chi connectivity index (χ2v) is 7.44. The maximum atomic E-state index is 12.5. The first-order valence-corrected chi connectivity index (χ1v) is 9.52. The molecule has 0 radical (unpaired) electrons. The van der Waals surface area contributed by atoms with Crippen molar-refractivity contribution in [2.45, 2.75) is 63.5 Å². The van der Waals surface area contributed by atoms with Gasteiger partial charge in [-0.25, -0.2) is 9.36 Å². The molecule has 0 aromatic carbocycles. The Kier molecular flexibility index (Phi) is 4.61. The molecule has 26 heavy (non-hydrogen) atoms. The van der Waals surface area contributed by atoms with Crippen molar-refractivity contribution in [3.8, 4) is 0 Å². The lowest BCUT2D eigenvalue weighted by atomic mass is 9.91. The fourth-order valence-electron chi connectivity index (χ4n) is 4.09. The van der Waals surface area contributed by atoms with Gasteiger partial charge < -0.3 is 5.32 Å². The Labute approximate surface area is 152 Å². The minimum absolute atomic E-state index is 0.0433. The molecule has 0 aliphatic heterocycles. The molecule has 0 bridgehead atoms. The van der Waals surface area contributed by atoms with Gasteiger partial charge in [-0.15, -0.1) is 0 Å². The van der Waals surface area contributed by atoms with Crippen molar-refractivity contribution in [1.29, 1.82) is 0 Å². The lowest BCUT2D eigenvalue weighted by molar-refractivity contribution is 0.300. The highest BCUT2D eigenvalue weighted by Gasteiger charge is 2.25. The first-order valence-electron chi connectivity index (χ1n) is 9.52. The minimum atomic E-state index is -0.114. The molecule has 0 amide bonds. The van der Waals surface area contributed by atoms with Crippen molar-refractivity contribution in [2.75, 3.05) is 5.32 Å². The Balaban J connectivity index is 1.43. The van der Waals surface area contributed by atoms with Crippen LogP contribution in [0.15, 0.2) is 27.8 Å². The SMILES string of the molecule is Cn1nc(NC2CCC(n3nc4c(cc3=O)CCCC4)CC2)ccc1=O. The van der Waals surface area contributed by atoms with E-state index in [0.717, 1.165) is 62.0 Å². The number of rotatable bonds is 3. The molecule has 1 saturated carbocycles. The monoisotopic (exact) mass is 355 g/mol. The second kappa shape index (κ2) is 7.05. The van der Waals surface area contributed by atoms with Gasteiger partial charge in [0.25, 0.3) is 11.1 Å². The van der Waals surface area contributed by atoms with Gasteiger partial charge in [0.05, 0.1) is 11.7 Å². The second-order valence-electron chi connectivity index (χ2n) is 7.44. The van der Waals surface area contributed by atoms with Gasteiger partial charge in [0, 0.05) is 25.2 Å². The first-order chi connectivity index (χ1) is 12.6. The fraction of sp³-hybridized carbons (Fsp3) is 0.579.